The summed E-state index contributed by atoms with van der Waals surface area (Å²) in [6, 6.07) is 6.35. The van der Waals surface area contributed by atoms with Gasteiger partial charge in [-0.1, -0.05) is 35.5 Å². The highest BCUT2D eigenvalue weighted by Crippen LogP contribution is 2.21. The summed E-state index contributed by atoms with van der Waals surface area (Å²) in [6.45, 7) is 0. The van der Waals surface area contributed by atoms with Crippen molar-refractivity contribution in [3.05, 3.63) is 45.6 Å². The van der Waals surface area contributed by atoms with Crippen LogP contribution in [-0.2, 0) is 0 Å². The van der Waals surface area contributed by atoms with Crippen LogP contribution in [0.5, 0.6) is 0 Å². The van der Waals surface area contributed by atoms with Gasteiger partial charge in [-0.2, -0.15) is 9.37 Å². The van der Waals surface area contributed by atoms with Gasteiger partial charge in [0.15, 0.2) is 5.16 Å². The van der Waals surface area contributed by atoms with Crippen molar-refractivity contribution >= 4 is 23.4 Å². The van der Waals surface area contributed by atoms with Crippen molar-refractivity contribution in [2.75, 3.05) is 6.26 Å². The first-order valence-corrected chi connectivity index (χ1v) is 6.32. The lowest BCUT2D eigenvalue weighted by Gasteiger charge is -2.03. The SMILES string of the molecule is CSc1nc(F)c(-c2ccc(Cl)cc2)c(=O)[nH]1. The van der Waals surface area contributed by atoms with E-state index in [1.54, 1.807) is 30.5 Å². The first kappa shape index (κ1) is 12.1. The van der Waals surface area contributed by atoms with Gasteiger partial charge in [-0.05, 0) is 24.0 Å². The van der Waals surface area contributed by atoms with Crippen LogP contribution in [0.15, 0.2) is 34.2 Å². The molecule has 0 saturated heterocycles. The second kappa shape index (κ2) is 4.89. The average molecular weight is 271 g/mol. The fraction of sp³-hybridized carbons (Fsp3) is 0.0909. The van der Waals surface area contributed by atoms with Crippen LogP contribution >= 0.6 is 23.4 Å². The quantitative estimate of drug-likeness (QED) is 0.518. The molecule has 0 fully saturated rings. The first-order valence-electron chi connectivity index (χ1n) is 4.71. The molecule has 88 valence electrons. The maximum absolute atomic E-state index is 13.7. The summed E-state index contributed by atoms with van der Waals surface area (Å²) in [5, 5.41) is 0.782. The number of benzene rings is 1. The summed E-state index contributed by atoms with van der Waals surface area (Å²) in [5.41, 5.74) is -0.114. The largest absolute Gasteiger partial charge is 0.301 e. The van der Waals surface area contributed by atoms with Gasteiger partial charge in [0.05, 0.1) is 0 Å². The van der Waals surface area contributed by atoms with Crippen LogP contribution < -0.4 is 5.56 Å². The molecule has 0 aliphatic heterocycles. The number of hydrogen-bond donors (Lipinski definition) is 1. The number of rotatable bonds is 2. The van der Waals surface area contributed by atoms with E-state index in [0.717, 1.165) is 0 Å². The number of aromatic amines is 1. The maximum atomic E-state index is 13.7. The topological polar surface area (TPSA) is 45.8 Å². The Hall–Kier alpha value is -1.33. The maximum Gasteiger partial charge on any atom is 0.262 e. The van der Waals surface area contributed by atoms with Crippen LogP contribution in [0.4, 0.5) is 4.39 Å². The van der Waals surface area contributed by atoms with E-state index in [1.807, 2.05) is 0 Å². The van der Waals surface area contributed by atoms with E-state index in [2.05, 4.69) is 9.97 Å². The highest BCUT2D eigenvalue weighted by molar-refractivity contribution is 7.98. The number of nitrogens with zero attached hydrogens (tertiary/aromatic N) is 1. The molecule has 3 nitrogen and oxygen atoms in total. The zero-order valence-corrected chi connectivity index (χ0v) is 10.4. The summed E-state index contributed by atoms with van der Waals surface area (Å²) >= 11 is 6.90. The lowest BCUT2D eigenvalue weighted by molar-refractivity contribution is 0.564. The molecule has 1 aromatic carbocycles. The van der Waals surface area contributed by atoms with Crippen LogP contribution in [0.25, 0.3) is 11.1 Å². The van der Waals surface area contributed by atoms with E-state index in [1.165, 1.54) is 11.8 Å². The van der Waals surface area contributed by atoms with Crippen molar-refractivity contribution in [2.24, 2.45) is 0 Å². The van der Waals surface area contributed by atoms with E-state index in [4.69, 9.17) is 11.6 Å². The van der Waals surface area contributed by atoms with E-state index in [-0.39, 0.29) is 10.7 Å². The van der Waals surface area contributed by atoms with Gasteiger partial charge in [-0.15, -0.1) is 0 Å². The minimum absolute atomic E-state index is 0.0699. The zero-order chi connectivity index (χ0) is 12.4. The Morgan fingerprint density at radius 2 is 2.00 bits per heavy atom. The van der Waals surface area contributed by atoms with Gasteiger partial charge in [0.2, 0.25) is 5.95 Å². The third-order valence-corrected chi connectivity index (χ3v) is 3.01. The number of nitrogens with one attached hydrogen (secondary N) is 1. The Balaban J connectivity index is 2.60. The lowest BCUT2D eigenvalue weighted by atomic mass is 10.1. The molecule has 1 N–H and O–H groups in total. The fourth-order valence-electron chi connectivity index (χ4n) is 1.39. The molecule has 0 atom stereocenters. The predicted octanol–water partition coefficient (Wildman–Crippen LogP) is 2.95. The summed E-state index contributed by atoms with van der Waals surface area (Å²) in [6.07, 6.45) is 1.71. The molecule has 1 aromatic heterocycles. The smallest absolute Gasteiger partial charge is 0.262 e. The first-order chi connectivity index (χ1) is 8.11. The Labute approximate surface area is 106 Å². The number of thioether (sulfide) groups is 1. The van der Waals surface area contributed by atoms with Gasteiger partial charge >= 0.3 is 0 Å². The molecular weight excluding hydrogens is 263 g/mol. The summed E-state index contributed by atoms with van der Waals surface area (Å²) in [5.74, 6) is -0.777. The van der Waals surface area contributed by atoms with Crippen molar-refractivity contribution in [3.8, 4) is 11.1 Å². The van der Waals surface area contributed by atoms with Crippen molar-refractivity contribution in [1.29, 1.82) is 0 Å². The minimum Gasteiger partial charge on any atom is -0.301 e. The molecule has 0 aliphatic carbocycles. The van der Waals surface area contributed by atoms with E-state index < -0.39 is 11.5 Å². The molecule has 1 heterocycles. The highest BCUT2D eigenvalue weighted by Gasteiger charge is 2.13. The van der Waals surface area contributed by atoms with E-state index in [9.17, 15) is 9.18 Å². The highest BCUT2D eigenvalue weighted by atomic mass is 35.5. The molecule has 0 spiro atoms. The summed E-state index contributed by atoms with van der Waals surface area (Å²) in [4.78, 5) is 17.9. The Morgan fingerprint density at radius 1 is 1.35 bits per heavy atom. The molecule has 0 saturated carbocycles. The lowest BCUT2D eigenvalue weighted by Crippen LogP contribution is -2.14. The molecule has 6 heteroatoms. The summed E-state index contributed by atoms with van der Waals surface area (Å²) < 4.78 is 13.7. The average Bonchev–Trinajstić information content (AvgIpc) is 2.30. The minimum atomic E-state index is -0.777. The third kappa shape index (κ3) is 2.50. The van der Waals surface area contributed by atoms with Gasteiger partial charge in [-0.3, -0.25) is 4.79 Å². The molecule has 0 amide bonds. The van der Waals surface area contributed by atoms with Crippen molar-refractivity contribution in [3.63, 3.8) is 0 Å². The van der Waals surface area contributed by atoms with Gasteiger partial charge in [0.25, 0.3) is 5.56 Å². The Morgan fingerprint density at radius 3 is 2.53 bits per heavy atom. The molecule has 0 aliphatic rings. The molecule has 0 unspecified atom stereocenters. The monoisotopic (exact) mass is 270 g/mol. The molecule has 0 bridgehead atoms. The number of halogens is 2. The second-order valence-electron chi connectivity index (χ2n) is 3.25. The zero-order valence-electron chi connectivity index (χ0n) is 8.83. The number of hydrogen-bond acceptors (Lipinski definition) is 3. The van der Waals surface area contributed by atoms with Gasteiger partial charge in [-0.25, -0.2) is 0 Å². The van der Waals surface area contributed by atoms with Gasteiger partial charge in [0, 0.05) is 5.02 Å². The van der Waals surface area contributed by atoms with Gasteiger partial charge in [0.1, 0.15) is 5.56 Å². The van der Waals surface area contributed by atoms with Crippen molar-refractivity contribution in [1.82, 2.24) is 9.97 Å². The van der Waals surface area contributed by atoms with Crippen LogP contribution in [0.1, 0.15) is 0 Å². The second-order valence-corrected chi connectivity index (χ2v) is 4.48. The van der Waals surface area contributed by atoms with Crippen LogP contribution in [-0.4, -0.2) is 16.2 Å². The van der Waals surface area contributed by atoms with Crippen LogP contribution in [0.2, 0.25) is 5.02 Å². The van der Waals surface area contributed by atoms with Crippen molar-refractivity contribution < 1.29 is 4.39 Å². The van der Waals surface area contributed by atoms with Crippen LogP contribution in [0, 0.1) is 5.95 Å². The van der Waals surface area contributed by atoms with Gasteiger partial charge < -0.3 is 4.98 Å². The van der Waals surface area contributed by atoms with E-state index in [0.29, 0.717) is 10.6 Å². The molecular formula is C11H8ClFN2OS. The number of H-pyrrole nitrogens is 1. The predicted molar refractivity (Wildman–Crippen MR) is 67.0 cm³/mol. The molecule has 0 radical (unpaired) electrons. The van der Waals surface area contributed by atoms with Crippen molar-refractivity contribution in [2.45, 2.75) is 5.16 Å². The molecule has 2 rings (SSSR count). The van der Waals surface area contributed by atoms with Crippen LogP contribution in [0.3, 0.4) is 0 Å². The molecule has 17 heavy (non-hydrogen) atoms. The van der Waals surface area contributed by atoms with E-state index >= 15 is 0 Å². The number of aromatic nitrogens is 2. The summed E-state index contributed by atoms with van der Waals surface area (Å²) in [7, 11) is 0. The molecule has 2 aromatic rings. The Bertz CT molecular complexity index is 597. The Kier molecular flexibility index (Phi) is 3.49. The normalized spacial score (nSPS) is 10.5. The standard InChI is InChI=1S/C11H8ClFN2OS/c1-17-11-14-9(13)8(10(16)15-11)6-2-4-7(12)5-3-6/h2-5H,1H3,(H,14,15,16). The fourth-order valence-corrected chi connectivity index (χ4v) is 1.88. The third-order valence-electron chi connectivity index (χ3n) is 2.18.